The molecule has 2 rings (SSSR count). The van der Waals surface area contributed by atoms with Crippen LogP contribution in [0, 0.1) is 5.92 Å². The predicted molar refractivity (Wildman–Crippen MR) is 65.6 cm³/mol. The van der Waals surface area contributed by atoms with E-state index in [1.54, 1.807) is 0 Å². The summed E-state index contributed by atoms with van der Waals surface area (Å²) in [6, 6.07) is 9.23. The van der Waals surface area contributed by atoms with Gasteiger partial charge in [-0.1, -0.05) is 36.4 Å². The van der Waals surface area contributed by atoms with Crippen LogP contribution in [0.3, 0.4) is 0 Å². The van der Waals surface area contributed by atoms with Gasteiger partial charge in [-0.3, -0.25) is 0 Å². The van der Waals surface area contributed by atoms with Crippen molar-refractivity contribution in [2.24, 2.45) is 5.92 Å². The minimum atomic E-state index is -0.873. The SMILES string of the molecule is O=C(O)/C(=C/C1CCCOC1)c1ccccc1. The first kappa shape index (κ1) is 11.9. The van der Waals surface area contributed by atoms with Gasteiger partial charge in [0.25, 0.3) is 0 Å². The third-order valence-electron chi connectivity index (χ3n) is 2.91. The van der Waals surface area contributed by atoms with Gasteiger partial charge in [-0.15, -0.1) is 0 Å². The molecular weight excluding hydrogens is 216 g/mol. The predicted octanol–water partition coefficient (Wildman–Crippen LogP) is 2.58. The van der Waals surface area contributed by atoms with E-state index in [9.17, 15) is 9.90 Å². The topological polar surface area (TPSA) is 46.5 Å². The molecule has 1 heterocycles. The molecule has 0 radical (unpaired) electrons. The number of benzene rings is 1. The second kappa shape index (κ2) is 5.64. The maximum absolute atomic E-state index is 11.3. The lowest BCUT2D eigenvalue weighted by atomic mass is 9.96. The van der Waals surface area contributed by atoms with Crippen molar-refractivity contribution < 1.29 is 14.6 Å². The number of aliphatic carboxylic acids is 1. The summed E-state index contributed by atoms with van der Waals surface area (Å²) in [7, 11) is 0. The van der Waals surface area contributed by atoms with Crippen molar-refractivity contribution in [3.8, 4) is 0 Å². The minimum absolute atomic E-state index is 0.218. The fourth-order valence-corrected chi connectivity index (χ4v) is 2.04. The number of carbonyl (C=O) groups is 1. The largest absolute Gasteiger partial charge is 0.478 e. The van der Waals surface area contributed by atoms with Crippen LogP contribution in [-0.2, 0) is 9.53 Å². The molecule has 0 amide bonds. The highest BCUT2D eigenvalue weighted by atomic mass is 16.5. The van der Waals surface area contributed by atoms with Gasteiger partial charge in [-0.2, -0.15) is 0 Å². The van der Waals surface area contributed by atoms with Crippen molar-refractivity contribution in [1.29, 1.82) is 0 Å². The van der Waals surface area contributed by atoms with Crippen LogP contribution in [0.1, 0.15) is 18.4 Å². The Hall–Kier alpha value is -1.61. The Balaban J connectivity index is 2.22. The van der Waals surface area contributed by atoms with Gasteiger partial charge < -0.3 is 9.84 Å². The van der Waals surface area contributed by atoms with E-state index in [1.807, 2.05) is 36.4 Å². The monoisotopic (exact) mass is 232 g/mol. The first-order valence-electron chi connectivity index (χ1n) is 5.85. The van der Waals surface area contributed by atoms with Crippen molar-refractivity contribution in [1.82, 2.24) is 0 Å². The standard InChI is InChI=1S/C14H16O3/c15-14(16)13(12-6-2-1-3-7-12)9-11-5-4-8-17-10-11/h1-3,6-7,9,11H,4-5,8,10H2,(H,15,16)/b13-9+. The van der Waals surface area contributed by atoms with Crippen LogP contribution < -0.4 is 0 Å². The van der Waals surface area contributed by atoms with Gasteiger partial charge in [0, 0.05) is 12.5 Å². The molecule has 1 fully saturated rings. The lowest BCUT2D eigenvalue weighted by Crippen LogP contribution is -2.16. The van der Waals surface area contributed by atoms with Crippen LogP contribution in [0.4, 0.5) is 0 Å². The zero-order valence-electron chi connectivity index (χ0n) is 9.63. The van der Waals surface area contributed by atoms with E-state index in [0.717, 1.165) is 25.0 Å². The molecule has 90 valence electrons. The molecule has 1 saturated heterocycles. The Labute approximate surface area is 101 Å². The summed E-state index contributed by atoms with van der Waals surface area (Å²) < 4.78 is 5.36. The van der Waals surface area contributed by atoms with E-state index in [0.29, 0.717) is 12.2 Å². The van der Waals surface area contributed by atoms with Gasteiger partial charge in [0.05, 0.1) is 12.2 Å². The molecule has 1 aromatic rings. The Morgan fingerprint density at radius 2 is 2.12 bits per heavy atom. The Bertz CT molecular complexity index is 403. The summed E-state index contributed by atoms with van der Waals surface area (Å²) in [4.78, 5) is 11.3. The lowest BCUT2D eigenvalue weighted by Gasteiger charge is -2.19. The fraction of sp³-hybridized carbons (Fsp3) is 0.357. The first-order chi connectivity index (χ1) is 8.27. The van der Waals surface area contributed by atoms with Crippen molar-refractivity contribution >= 4 is 11.5 Å². The van der Waals surface area contributed by atoms with E-state index < -0.39 is 5.97 Å². The van der Waals surface area contributed by atoms with Gasteiger partial charge in [0.1, 0.15) is 0 Å². The van der Waals surface area contributed by atoms with Crippen molar-refractivity contribution in [2.75, 3.05) is 13.2 Å². The second-order valence-electron chi connectivity index (χ2n) is 4.23. The Morgan fingerprint density at radius 3 is 2.71 bits per heavy atom. The normalized spacial score (nSPS) is 21.2. The Morgan fingerprint density at radius 1 is 1.35 bits per heavy atom. The van der Waals surface area contributed by atoms with Gasteiger partial charge in [-0.05, 0) is 18.4 Å². The lowest BCUT2D eigenvalue weighted by molar-refractivity contribution is -0.130. The fourth-order valence-electron chi connectivity index (χ4n) is 2.04. The van der Waals surface area contributed by atoms with Gasteiger partial charge in [-0.25, -0.2) is 4.79 Å². The number of hydrogen-bond donors (Lipinski definition) is 1. The average Bonchev–Trinajstić information content (AvgIpc) is 2.38. The van der Waals surface area contributed by atoms with E-state index in [4.69, 9.17) is 4.74 Å². The highest BCUT2D eigenvalue weighted by Crippen LogP contribution is 2.22. The van der Waals surface area contributed by atoms with Crippen molar-refractivity contribution in [3.63, 3.8) is 0 Å². The van der Waals surface area contributed by atoms with Gasteiger partial charge in [0.15, 0.2) is 0 Å². The molecule has 1 aliphatic rings. The molecule has 1 aromatic carbocycles. The highest BCUT2D eigenvalue weighted by Gasteiger charge is 2.16. The summed E-state index contributed by atoms with van der Waals surface area (Å²) in [5.74, 6) is -0.656. The van der Waals surface area contributed by atoms with Crippen LogP contribution in [0.2, 0.25) is 0 Å². The van der Waals surface area contributed by atoms with E-state index in [2.05, 4.69) is 0 Å². The van der Waals surface area contributed by atoms with Crippen molar-refractivity contribution in [2.45, 2.75) is 12.8 Å². The molecule has 1 unspecified atom stereocenters. The third-order valence-corrected chi connectivity index (χ3v) is 2.91. The summed E-state index contributed by atoms with van der Waals surface area (Å²) in [6.45, 7) is 1.42. The molecule has 0 aromatic heterocycles. The molecule has 3 heteroatoms. The molecule has 1 N–H and O–H groups in total. The maximum Gasteiger partial charge on any atom is 0.335 e. The van der Waals surface area contributed by atoms with Crippen LogP contribution in [-0.4, -0.2) is 24.3 Å². The smallest absolute Gasteiger partial charge is 0.335 e. The van der Waals surface area contributed by atoms with Crippen LogP contribution in [0.25, 0.3) is 5.57 Å². The number of carboxylic acid groups (broad SMARTS) is 1. The zero-order chi connectivity index (χ0) is 12.1. The second-order valence-corrected chi connectivity index (χ2v) is 4.23. The third kappa shape index (κ3) is 3.17. The maximum atomic E-state index is 11.3. The molecule has 1 atom stereocenters. The molecule has 17 heavy (non-hydrogen) atoms. The van der Waals surface area contributed by atoms with Gasteiger partial charge >= 0.3 is 5.97 Å². The van der Waals surface area contributed by atoms with Crippen LogP contribution in [0.15, 0.2) is 36.4 Å². The number of rotatable bonds is 3. The molecule has 3 nitrogen and oxygen atoms in total. The average molecular weight is 232 g/mol. The molecule has 1 aliphatic heterocycles. The molecule has 0 saturated carbocycles. The van der Waals surface area contributed by atoms with Crippen molar-refractivity contribution in [3.05, 3.63) is 42.0 Å². The Kier molecular flexibility index (Phi) is 3.94. The number of hydrogen-bond acceptors (Lipinski definition) is 2. The summed E-state index contributed by atoms with van der Waals surface area (Å²) in [6.07, 6.45) is 3.84. The van der Waals surface area contributed by atoms with Crippen LogP contribution >= 0.6 is 0 Å². The molecular formula is C14H16O3. The van der Waals surface area contributed by atoms with E-state index in [1.165, 1.54) is 0 Å². The summed E-state index contributed by atoms with van der Waals surface area (Å²) >= 11 is 0. The van der Waals surface area contributed by atoms with Gasteiger partial charge in [0.2, 0.25) is 0 Å². The molecule has 0 bridgehead atoms. The number of ether oxygens (including phenoxy) is 1. The quantitative estimate of drug-likeness (QED) is 0.815. The summed E-state index contributed by atoms with van der Waals surface area (Å²) in [5.41, 5.74) is 1.13. The van der Waals surface area contributed by atoms with Crippen LogP contribution in [0.5, 0.6) is 0 Å². The minimum Gasteiger partial charge on any atom is -0.478 e. The van der Waals surface area contributed by atoms with E-state index >= 15 is 0 Å². The number of carboxylic acids is 1. The highest BCUT2D eigenvalue weighted by molar-refractivity contribution is 6.15. The molecule has 0 spiro atoms. The summed E-state index contributed by atoms with van der Waals surface area (Å²) in [5, 5.41) is 9.25. The first-order valence-corrected chi connectivity index (χ1v) is 5.85. The molecule has 0 aliphatic carbocycles. The van der Waals surface area contributed by atoms with E-state index in [-0.39, 0.29) is 5.92 Å². The zero-order valence-corrected chi connectivity index (χ0v) is 9.63.